The van der Waals surface area contributed by atoms with Gasteiger partial charge in [-0.25, -0.2) is 0 Å². The Morgan fingerprint density at radius 3 is 2.44 bits per heavy atom. The number of rotatable bonds is 6. The maximum absolute atomic E-state index is 11.7. The van der Waals surface area contributed by atoms with Gasteiger partial charge >= 0.3 is 0 Å². The second kappa shape index (κ2) is 4.34. The highest BCUT2D eigenvalue weighted by Gasteiger charge is 2.43. The number of carbonyl (C=O) groups is 1. The van der Waals surface area contributed by atoms with Crippen molar-refractivity contribution in [3.05, 3.63) is 0 Å². The highest BCUT2D eigenvalue weighted by Crippen LogP contribution is 2.44. The van der Waals surface area contributed by atoms with Crippen LogP contribution in [0.4, 0.5) is 0 Å². The van der Waals surface area contributed by atoms with Crippen LogP contribution in [0.5, 0.6) is 0 Å². The Morgan fingerprint density at radius 1 is 1.38 bits per heavy atom. The van der Waals surface area contributed by atoms with Crippen molar-refractivity contribution in [1.82, 2.24) is 5.32 Å². The lowest BCUT2D eigenvalue weighted by atomic mass is 9.77. The molecule has 16 heavy (non-hydrogen) atoms. The van der Waals surface area contributed by atoms with Gasteiger partial charge in [-0.15, -0.1) is 0 Å². The fraction of sp³-hybridized carbons (Fsp3) is 0.917. The van der Waals surface area contributed by atoms with E-state index in [0.29, 0.717) is 13.0 Å². The normalized spacial score (nSPS) is 24.6. The van der Waals surface area contributed by atoms with Crippen molar-refractivity contribution >= 4 is 5.91 Å². The molecule has 2 fully saturated rings. The van der Waals surface area contributed by atoms with Crippen molar-refractivity contribution in [1.29, 1.82) is 0 Å². The van der Waals surface area contributed by atoms with Crippen LogP contribution in [0.3, 0.4) is 0 Å². The first-order valence-electron chi connectivity index (χ1n) is 6.06. The van der Waals surface area contributed by atoms with Gasteiger partial charge in [0.25, 0.3) is 0 Å². The summed E-state index contributed by atoms with van der Waals surface area (Å²) in [6.45, 7) is 0.796. The summed E-state index contributed by atoms with van der Waals surface area (Å²) in [5.41, 5.74) is -0.199. The Bertz CT molecular complexity index is 264. The van der Waals surface area contributed by atoms with E-state index in [4.69, 9.17) is 9.84 Å². The SMILES string of the molecule is COC1(CC(=O)NCC2(CO)CC2)CCC1. The zero-order valence-corrected chi connectivity index (χ0v) is 9.92. The zero-order valence-electron chi connectivity index (χ0n) is 9.92. The largest absolute Gasteiger partial charge is 0.396 e. The van der Waals surface area contributed by atoms with Gasteiger partial charge < -0.3 is 15.2 Å². The Labute approximate surface area is 96.4 Å². The van der Waals surface area contributed by atoms with Gasteiger partial charge in [-0.3, -0.25) is 4.79 Å². The molecule has 1 amide bonds. The molecule has 2 aliphatic carbocycles. The van der Waals surface area contributed by atoms with Gasteiger partial charge in [-0.2, -0.15) is 0 Å². The van der Waals surface area contributed by atoms with Crippen molar-refractivity contribution in [2.45, 2.75) is 44.1 Å². The highest BCUT2D eigenvalue weighted by molar-refractivity contribution is 5.77. The molecule has 0 heterocycles. The summed E-state index contributed by atoms with van der Waals surface area (Å²) in [4.78, 5) is 11.7. The van der Waals surface area contributed by atoms with Gasteiger partial charge in [0.05, 0.1) is 18.6 Å². The van der Waals surface area contributed by atoms with Crippen LogP contribution in [0.25, 0.3) is 0 Å². The molecule has 2 aliphatic rings. The maximum Gasteiger partial charge on any atom is 0.222 e. The number of hydrogen-bond acceptors (Lipinski definition) is 3. The first-order valence-corrected chi connectivity index (χ1v) is 6.06. The summed E-state index contributed by atoms with van der Waals surface area (Å²) in [6, 6.07) is 0. The number of amides is 1. The molecule has 0 unspecified atom stereocenters. The Kier molecular flexibility index (Phi) is 3.22. The first-order chi connectivity index (χ1) is 7.64. The van der Waals surface area contributed by atoms with E-state index >= 15 is 0 Å². The minimum Gasteiger partial charge on any atom is -0.396 e. The predicted octanol–water partition coefficient (Wildman–Crippen LogP) is 0.834. The van der Waals surface area contributed by atoms with E-state index in [1.807, 2.05) is 0 Å². The molecule has 0 bridgehead atoms. The highest BCUT2D eigenvalue weighted by atomic mass is 16.5. The Morgan fingerprint density at radius 2 is 2.06 bits per heavy atom. The molecule has 2 N–H and O–H groups in total. The molecule has 0 aromatic heterocycles. The number of carbonyl (C=O) groups excluding carboxylic acids is 1. The molecule has 0 radical (unpaired) electrons. The second-order valence-corrected chi connectivity index (χ2v) is 5.35. The van der Waals surface area contributed by atoms with Crippen molar-refractivity contribution in [3.8, 4) is 0 Å². The number of ether oxygens (including phenoxy) is 1. The molecular formula is C12H21NO3. The van der Waals surface area contributed by atoms with E-state index in [0.717, 1.165) is 32.1 Å². The summed E-state index contributed by atoms with van der Waals surface area (Å²) >= 11 is 0. The van der Waals surface area contributed by atoms with Crippen LogP contribution < -0.4 is 5.32 Å². The molecule has 0 saturated heterocycles. The van der Waals surface area contributed by atoms with E-state index in [2.05, 4.69) is 5.32 Å². The molecule has 2 saturated carbocycles. The molecule has 4 nitrogen and oxygen atoms in total. The minimum absolute atomic E-state index is 0.00446. The number of methoxy groups -OCH3 is 1. The van der Waals surface area contributed by atoms with Crippen molar-refractivity contribution < 1.29 is 14.6 Å². The number of nitrogens with one attached hydrogen (secondary N) is 1. The van der Waals surface area contributed by atoms with Gasteiger partial charge in [0.15, 0.2) is 0 Å². The molecule has 0 aliphatic heterocycles. The summed E-state index contributed by atoms with van der Waals surface area (Å²) in [7, 11) is 1.68. The summed E-state index contributed by atoms with van der Waals surface area (Å²) in [5.74, 6) is 0.0567. The molecule has 0 aromatic carbocycles. The molecule has 0 spiro atoms. The van der Waals surface area contributed by atoms with Crippen LogP contribution in [-0.2, 0) is 9.53 Å². The van der Waals surface area contributed by atoms with E-state index in [1.54, 1.807) is 7.11 Å². The third-order valence-corrected chi connectivity index (χ3v) is 4.13. The van der Waals surface area contributed by atoms with Gasteiger partial charge in [0, 0.05) is 19.1 Å². The van der Waals surface area contributed by atoms with E-state index < -0.39 is 0 Å². The van der Waals surface area contributed by atoms with E-state index in [-0.39, 0.29) is 23.5 Å². The number of aliphatic hydroxyl groups excluding tert-OH is 1. The fourth-order valence-electron chi connectivity index (χ4n) is 2.23. The summed E-state index contributed by atoms with van der Waals surface area (Å²) in [5, 5.41) is 12.0. The lowest BCUT2D eigenvalue weighted by Crippen LogP contribution is -2.45. The van der Waals surface area contributed by atoms with Crippen LogP contribution in [0.1, 0.15) is 38.5 Å². The summed E-state index contributed by atoms with van der Waals surface area (Å²) in [6.07, 6.45) is 5.65. The maximum atomic E-state index is 11.7. The third-order valence-electron chi connectivity index (χ3n) is 4.13. The lowest BCUT2D eigenvalue weighted by Gasteiger charge is -2.40. The lowest BCUT2D eigenvalue weighted by molar-refractivity contribution is -0.134. The van der Waals surface area contributed by atoms with Crippen molar-refractivity contribution in [3.63, 3.8) is 0 Å². The van der Waals surface area contributed by atoms with Crippen molar-refractivity contribution in [2.75, 3.05) is 20.3 Å². The quantitative estimate of drug-likeness (QED) is 0.706. The minimum atomic E-state index is -0.194. The van der Waals surface area contributed by atoms with Gasteiger partial charge in [0.1, 0.15) is 0 Å². The van der Waals surface area contributed by atoms with Gasteiger partial charge in [0.2, 0.25) is 5.91 Å². The average molecular weight is 227 g/mol. The topological polar surface area (TPSA) is 58.6 Å². The zero-order chi connectivity index (χ0) is 11.6. The molecule has 4 heteroatoms. The molecule has 2 rings (SSSR count). The monoisotopic (exact) mass is 227 g/mol. The van der Waals surface area contributed by atoms with E-state index in [1.165, 1.54) is 0 Å². The smallest absolute Gasteiger partial charge is 0.222 e. The Hall–Kier alpha value is -0.610. The Balaban J connectivity index is 1.72. The van der Waals surface area contributed by atoms with Crippen LogP contribution in [-0.4, -0.2) is 36.9 Å². The van der Waals surface area contributed by atoms with Crippen LogP contribution >= 0.6 is 0 Å². The molecular weight excluding hydrogens is 206 g/mol. The predicted molar refractivity (Wildman–Crippen MR) is 60.0 cm³/mol. The van der Waals surface area contributed by atoms with Crippen LogP contribution in [0, 0.1) is 5.41 Å². The van der Waals surface area contributed by atoms with Gasteiger partial charge in [-0.05, 0) is 32.1 Å². The second-order valence-electron chi connectivity index (χ2n) is 5.35. The van der Waals surface area contributed by atoms with Crippen molar-refractivity contribution in [2.24, 2.45) is 5.41 Å². The summed E-state index contributed by atoms with van der Waals surface area (Å²) < 4.78 is 5.41. The molecule has 0 atom stereocenters. The fourth-order valence-corrected chi connectivity index (χ4v) is 2.23. The van der Waals surface area contributed by atoms with Crippen LogP contribution in [0.15, 0.2) is 0 Å². The third kappa shape index (κ3) is 2.38. The standard InChI is InChI=1S/C12H21NO3/c1-16-12(3-2-4-12)7-10(15)13-8-11(9-14)5-6-11/h14H,2-9H2,1H3,(H,13,15). The number of aliphatic hydroxyl groups is 1. The molecule has 92 valence electrons. The van der Waals surface area contributed by atoms with Crippen LogP contribution in [0.2, 0.25) is 0 Å². The first kappa shape index (κ1) is 11.9. The number of hydrogen-bond donors (Lipinski definition) is 2. The molecule has 0 aromatic rings. The van der Waals surface area contributed by atoms with E-state index in [9.17, 15) is 4.79 Å². The van der Waals surface area contributed by atoms with Gasteiger partial charge in [-0.1, -0.05) is 0 Å². The average Bonchev–Trinajstić information content (AvgIpc) is 3.01.